The van der Waals surface area contributed by atoms with E-state index in [0.29, 0.717) is 12.5 Å². The number of nitrogens with zero attached hydrogens (tertiary/aromatic N) is 3. The third-order valence-corrected chi connectivity index (χ3v) is 6.02. The fourth-order valence-electron chi connectivity index (χ4n) is 4.50. The Balaban J connectivity index is 1.57. The zero-order valence-electron chi connectivity index (χ0n) is 15.1. The van der Waals surface area contributed by atoms with Crippen LogP contribution in [0.4, 0.5) is 0 Å². The number of fused-ring (bicyclic) bond motifs is 1. The lowest BCUT2D eigenvalue weighted by atomic mass is 9.76. The highest BCUT2D eigenvalue weighted by Gasteiger charge is 2.48. The Hall–Kier alpha value is -1.69. The number of ether oxygens (including phenoxy) is 1. The van der Waals surface area contributed by atoms with E-state index in [4.69, 9.17) is 9.84 Å². The van der Waals surface area contributed by atoms with Crippen LogP contribution in [0.1, 0.15) is 23.4 Å². The van der Waals surface area contributed by atoms with Gasteiger partial charge in [-0.05, 0) is 38.3 Å². The maximum atomic E-state index is 9.97. The van der Waals surface area contributed by atoms with Gasteiger partial charge in [-0.3, -0.25) is 4.90 Å². The SMILES string of the molecule is Cc1nn(-c2ccccc2)c(C)c1CN1C[C@@H]2CCOC[C@]2(CO)C1. The summed E-state index contributed by atoms with van der Waals surface area (Å²) >= 11 is 0. The molecule has 0 unspecified atom stereocenters. The summed E-state index contributed by atoms with van der Waals surface area (Å²) in [5, 5.41) is 14.7. The van der Waals surface area contributed by atoms with E-state index in [0.717, 1.165) is 44.0 Å². The van der Waals surface area contributed by atoms with Crippen LogP contribution in [0.5, 0.6) is 0 Å². The van der Waals surface area contributed by atoms with Gasteiger partial charge in [0.05, 0.1) is 24.6 Å². The van der Waals surface area contributed by atoms with E-state index < -0.39 is 0 Å². The van der Waals surface area contributed by atoms with Crippen molar-refractivity contribution < 1.29 is 9.84 Å². The van der Waals surface area contributed by atoms with Crippen LogP contribution in [0.15, 0.2) is 30.3 Å². The lowest BCUT2D eigenvalue weighted by Crippen LogP contribution is -2.42. The second-order valence-electron chi connectivity index (χ2n) is 7.63. The Morgan fingerprint density at radius 2 is 2.08 bits per heavy atom. The van der Waals surface area contributed by atoms with Gasteiger partial charge < -0.3 is 9.84 Å². The molecule has 2 aromatic rings. The monoisotopic (exact) mass is 341 g/mol. The molecule has 1 aromatic carbocycles. The number of likely N-dealkylation sites (tertiary alicyclic amines) is 1. The first-order chi connectivity index (χ1) is 12.1. The number of aryl methyl sites for hydroxylation is 1. The van der Waals surface area contributed by atoms with Gasteiger partial charge in [-0.15, -0.1) is 0 Å². The molecule has 0 bridgehead atoms. The van der Waals surface area contributed by atoms with E-state index in [9.17, 15) is 5.11 Å². The minimum atomic E-state index is -0.0739. The molecule has 1 N–H and O–H groups in total. The minimum Gasteiger partial charge on any atom is -0.396 e. The summed E-state index contributed by atoms with van der Waals surface area (Å²) in [6.45, 7) is 8.81. The molecule has 0 aliphatic carbocycles. The van der Waals surface area contributed by atoms with Gasteiger partial charge in [0.1, 0.15) is 0 Å². The lowest BCUT2D eigenvalue weighted by molar-refractivity contribution is -0.0561. The third kappa shape index (κ3) is 2.90. The van der Waals surface area contributed by atoms with E-state index in [-0.39, 0.29) is 12.0 Å². The summed E-state index contributed by atoms with van der Waals surface area (Å²) in [4.78, 5) is 2.47. The van der Waals surface area contributed by atoms with Crippen molar-refractivity contribution in [1.82, 2.24) is 14.7 Å². The van der Waals surface area contributed by atoms with E-state index in [2.05, 4.69) is 30.9 Å². The first-order valence-electron chi connectivity index (χ1n) is 9.14. The quantitative estimate of drug-likeness (QED) is 0.927. The average molecular weight is 341 g/mol. The van der Waals surface area contributed by atoms with Crippen molar-refractivity contribution in [2.75, 3.05) is 32.9 Å². The van der Waals surface area contributed by atoms with Crippen molar-refractivity contribution in [2.24, 2.45) is 11.3 Å². The Morgan fingerprint density at radius 1 is 1.28 bits per heavy atom. The highest BCUT2D eigenvalue weighted by molar-refractivity contribution is 5.37. The zero-order valence-corrected chi connectivity index (χ0v) is 15.1. The molecule has 0 radical (unpaired) electrons. The number of hydrogen-bond donors (Lipinski definition) is 1. The molecule has 5 nitrogen and oxygen atoms in total. The first kappa shape index (κ1) is 16.8. The van der Waals surface area contributed by atoms with Crippen LogP contribution in [0.25, 0.3) is 5.69 Å². The standard InChI is InChI=1S/C20H27N3O2/c1-15-19(16(2)23(21-15)18-6-4-3-5-7-18)11-22-10-17-8-9-25-14-20(17,12-22)13-24/h3-7,17,24H,8-14H2,1-2H3/t17-,20+/m0/s1. The van der Waals surface area contributed by atoms with E-state index in [1.165, 1.54) is 11.3 Å². The normalized spacial score (nSPS) is 26.8. The van der Waals surface area contributed by atoms with Crippen molar-refractivity contribution >= 4 is 0 Å². The molecule has 4 rings (SSSR count). The summed E-state index contributed by atoms with van der Waals surface area (Å²) < 4.78 is 7.72. The summed E-state index contributed by atoms with van der Waals surface area (Å²) in [6.07, 6.45) is 1.05. The van der Waals surface area contributed by atoms with Gasteiger partial charge in [-0.2, -0.15) is 5.10 Å². The Bertz CT molecular complexity index is 743. The smallest absolute Gasteiger partial charge is 0.0648 e. The highest BCUT2D eigenvalue weighted by Crippen LogP contribution is 2.41. The Morgan fingerprint density at radius 3 is 2.80 bits per heavy atom. The van der Waals surface area contributed by atoms with Gasteiger partial charge >= 0.3 is 0 Å². The van der Waals surface area contributed by atoms with Crippen molar-refractivity contribution in [3.8, 4) is 5.69 Å². The maximum Gasteiger partial charge on any atom is 0.0648 e. The van der Waals surface area contributed by atoms with Gasteiger partial charge in [0, 0.05) is 42.9 Å². The Kier molecular flexibility index (Phi) is 4.40. The van der Waals surface area contributed by atoms with Crippen molar-refractivity contribution in [1.29, 1.82) is 0 Å². The number of aliphatic hydroxyl groups is 1. The molecule has 25 heavy (non-hydrogen) atoms. The molecule has 134 valence electrons. The van der Waals surface area contributed by atoms with E-state index >= 15 is 0 Å². The topological polar surface area (TPSA) is 50.5 Å². The Labute approximate surface area is 149 Å². The van der Waals surface area contributed by atoms with Crippen LogP contribution in [0.3, 0.4) is 0 Å². The summed E-state index contributed by atoms with van der Waals surface area (Å²) in [5.41, 5.74) is 4.62. The minimum absolute atomic E-state index is 0.0739. The number of hydrogen-bond acceptors (Lipinski definition) is 4. The first-order valence-corrected chi connectivity index (χ1v) is 9.14. The van der Waals surface area contributed by atoms with Crippen LogP contribution in [0, 0.1) is 25.2 Å². The molecule has 3 heterocycles. The average Bonchev–Trinajstić information content (AvgIpc) is 3.15. The van der Waals surface area contributed by atoms with Gasteiger partial charge in [-0.1, -0.05) is 18.2 Å². The molecular formula is C20H27N3O2. The molecule has 5 heteroatoms. The van der Waals surface area contributed by atoms with Gasteiger partial charge in [0.15, 0.2) is 0 Å². The molecular weight excluding hydrogens is 314 g/mol. The van der Waals surface area contributed by atoms with Crippen LogP contribution in [0.2, 0.25) is 0 Å². The van der Waals surface area contributed by atoms with Crippen LogP contribution < -0.4 is 0 Å². The van der Waals surface area contributed by atoms with Crippen LogP contribution >= 0.6 is 0 Å². The second kappa shape index (κ2) is 6.56. The molecule has 0 spiro atoms. The molecule has 0 amide bonds. The summed E-state index contributed by atoms with van der Waals surface area (Å²) in [5.74, 6) is 0.538. The van der Waals surface area contributed by atoms with Gasteiger partial charge in [-0.25, -0.2) is 4.68 Å². The lowest BCUT2D eigenvalue weighted by Gasteiger charge is -2.36. The van der Waals surface area contributed by atoms with E-state index in [1.54, 1.807) is 0 Å². The predicted octanol–water partition coefficient (Wildman–Crippen LogP) is 2.32. The van der Waals surface area contributed by atoms with Crippen molar-refractivity contribution in [2.45, 2.75) is 26.8 Å². The highest BCUT2D eigenvalue weighted by atomic mass is 16.5. The number of para-hydroxylation sites is 1. The fraction of sp³-hybridized carbons (Fsp3) is 0.550. The number of rotatable bonds is 4. The van der Waals surface area contributed by atoms with Crippen molar-refractivity contribution in [3.05, 3.63) is 47.3 Å². The van der Waals surface area contributed by atoms with Crippen LogP contribution in [-0.2, 0) is 11.3 Å². The van der Waals surface area contributed by atoms with Crippen molar-refractivity contribution in [3.63, 3.8) is 0 Å². The molecule has 0 saturated carbocycles. The van der Waals surface area contributed by atoms with Crippen LogP contribution in [-0.4, -0.2) is 52.7 Å². The zero-order chi connectivity index (χ0) is 17.4. The molecule has 1 aromatic heterocycles. The predicted molar refractivity (Wildman–Crippen MR) is 96.8 cm³/mol. The fourth-order valence-corrected chi connectivity index (χ4v) is 4.50. The molecule has 2 atom stereocenters. The number of aliphatic hydroxyl groups excluding tert-OH is 1. The third-order valence-electron chi connectivity index (χ3n) is 6.02. The number of aromatic nitrogens is 2. The maximum absolute atomic E-state index is 9.97. The molecule has 2 aliphatic rings. The molecule has 2 fully saturated rings. The summed E-state index contributed by atoms with van der Waals surface area (Å²) in [6, 6.07) is 10.3. The van der Waals surface area contributed by atoms with Gasteiger partial charge in [0.2, 0.25) is 0 Å². The summed E-state index contributed by atoms with van der Waals surface area (Å²) in [7, 11) is 0. The van der Waals surface area contributed by atoms with Gasteiger partial charge in [0.25, 0.3) is 0 Å². The number of benzene rings is 1. The largest absolute Gasteiger partial charge is 0.396 e. The molecule has 2 aliphatic heterocycles. The van der Waals surface area contributed by atoms with E-state index in [1.807, 2.05) is 22.9 Å². The second-order valence-corrected chi connectivity index (χ2v) is 7.63. The molecule has 2 saturated heterocycles.